The van der Waals surface area contributed by atoms with E-state index in [9.17, 15) is 0 Å². The molecule has 164 valence electrons. The van der Waals surface area contributed by atoms with Crippen molar-refractivity contribution in [3.8, 4) is 11.5 Å². The first-order valence-electron chi connectivity index (χ1n) is 11.8. The van der Waals surface area contributed by atoms with Gasteiger partial charge >= 0.3 is 0 Å². The number of ether oxygens (including phenoxy) is 1. The van der Waals surface area contributed by atoms with Crippen molar-refractivity contribution >= 4 is 22.5 Å². The van der Waals surface area contributed by atoms with Crippen molar-refractivity contribution in [1.29, 1.82) is 0 Å². The fourth-order valence-electron chi connectivity index (χ4n) is 4.64. The molecule has 4 rings (SSSR count). The Bertz CT molecular complexity index is 967. The monoisotopic (exact) mass is 416 g/mol. The second-order valence-corrected chi connectivity index (χ2v) is 9.36. The van der Waals surface area contributed by atoms with Gasteiger partial charge in [0, 0.05) is 22.5 Å². The van der Waals surface area contributed by atoms with E-state index in [1.165, 1.54) is 33.6 Å². The quantitative estimate of drug-likeness (QED) is 0.497. The van der Waals surface area contributed by atoms with E-state index < -0.39 is 0 Å². The maximum Gasteiger partial charge on any atom is 0.128 e. The Labute approximate surface area is 187 Å². The summed E-state index contributed by atoms with van der Waals surface area (Å²) in [7, 11) is 0. The summed E-state index contributed by atoms with van der Waals surface area (Å²) in [5.41, 5.74) is 7.68. The lowest BCUT2D eigenvalue weighted by atomic mass is 9.86. The Hall–Kier alpha value is -2.68. The number of rotatable bonds is 6. The molecule has 0 amide bonds. The number of nitrogens with one attached hydrogen (secondary N) is 2. The van der Waals surface area contributed by atoms with Crippen LogP contribution in [-0.2, 0) is 0 Å². The van der Waals surface area contributed by atoms with Gasteiger partial charge in [0.05, 0.1) is 11.1 Å². The summed E-state index contributed by atoms with van der Waals surface area (Å²) in [4.78, 5) is 0. The number of anilines is 2. The molecule has 2 aromatic rings. The van der Waals surface area contributed by atoms with E-state index in [4.69, 9.17) is 4.74 Å². The molecule has 0 fully saturated rings. The van der Waals surface area contributed by atoms with Crippen LogP contribution in [0.25, 0.3) is 11.1 Å². The van der Waals surface area contributed by atoms with Crippen LogP contribution in [0.3, 0.4) is 0 Å². The van der Waals surface area contributed by atoms with Crippen molar-refractivity contribution in [2.24, 2.45) is 0 Å². The molecule has 0 saturated heterocycles. The lowest BCUT2D eigenvalue weighted by Crippen LogP contribution is -2.34. The van der Waals surface area contributed by atoms with E-state index in [0.29, 0.717) is 0 Å². The van der Waals surface area contributed by atoms with Gasteiger partial charge in [-0.2, -0.15) is 0 Å². The van der Waals surface area contributed by atoms with Crippen LogP contribution in [0.2, 0.25) is 0 Å². The van der Waals surface area contributed by atoms with Crippen LogP contribution in [0.15, 0.2) is 48.6 Å². The standard InChI is InChI=1S/C28H36N2O/c1-7-19-17-27(5,9-3)29-25-13-11-21(15-23(19)25)31-22-12-14-26-24(16-22)20(8-2)18-28(6,10-4)30-26/h11-18,29-30H,7-10H2,1-6H3. The molecule has 0 spiro atoms. The highest BCUT2D eigenvalue weighted by Crippen LogP contribution is 2.41. The Morgan fingerprint density at radius 3 is 1.45 bits per heavy atom. The average molecular weight is 417 g/mol. The molecule has 0 bridgehead atoms. The number of hydrogen-bond acceptors (Lipinski definition) is 3. The van der Waals surface area contributed by atoms with Gasteiger partial charge in [-0.3, -0.25) is 0 Å². The van der Waals surface area contributed by atoms with E-state index in [1.54, 1.807) is 0 Å². The molecule has 2 aliphatic heterocycles. The average Bonchev–Trinajstić information content (AvgIpc) is 2.78. The Morgan fingerprint density at radius 1 is 0.677 bits per heavy atom. The molecule has 2 aromatic carbocycles. The van der Waals surface area contributed by atoms with E-state index in [1.807, 2.05) is 0 Å². The van der Waals surface area contributed by atoms with Gasteiger partial charge in [0.2, 0.25) is 0 Å². The second kappa shape index (κ2) is 8.11. The molecule has 2 N–H and O–H groups in total. The van der Waals surface area contributed by atoms with Gasteiger partial charge in [0.25, 0.3) is 0 Å². The predicted octanol–water partition coefficient (Wildman–Crippen LogP) is 8.25. The third kappa shape index (κ3) is 4.11. The molecule has 2 atom stereocenters. The van der Waals surface area contributed by atoms with Crippen LogP contribution < -0.4 is 15.4 Å². The van der Waals surface area contributed by atoms with Crippen LogP contribution >= 0.6 is 0 Å². The second-order valence-electron chi connectivity index (χ2n) is 9.36. The number of benzene rings is 2. The summed E-state index contributed by atoms with van der Waals surface area (Å²) in [6.45, 7) is 13.4. The van der Waals surface area contributed by atoms with Crippen LogP contribution in [-0.4, -0.2) is 11.1 Å². The molecule has 0 saturated carbocycles. The zero-order valence-corrected chi connectivity index (χ0v) is 19.9. The maximum atomic E-state index is 6.34. The molecule has 0 aromatic heterocycles. The molecule has 31 heavy (non-hydrogen) atoms. The zero-order chi connectivity index (χ0) is 22.2. The molecule has 0 aliphatic carbocycles. The van der Waals surface area contributed by atoms with Gasteiger partial charge in [-0.05, 0) is 87.1 Å². The maximum absolute atomic E-state index is 6.34. The van der Waals surface area contributed by atoms with Gasteiger partial charge in [-0.15, -0.1) is 0 Å². The van der Waals surface area contributed by atoms with Gasteiger partial charge in [0.1, 0.15) is 11.5 Å². The summed E-state index contributed by atoms with van der Waals surface area (Å²) in [6, 6.07) is 12.8. The van der Waals surface area contributed by atoms with Crippen molar-refractivity contribution in [2.75, 3.05) is 10.6 Å². The Balaban J connectivity index is 1.64. The smallest absolute Gasteiger partial charge is 0.128 e. The van der Waals surface area contributed by atoms with Gasteiger partial charge in [-0.1, -0.05) is 39.8 Å². The van der Waals surface area contributed by atoms with Gasteiger partial charge < -0.3 is 15.4 Å². The first-order valence-corrected chi connectivity index (χ1v) is 11.8. The molecular formula is C28H36N2O. The highest BCUT2D eigenvalue weighted by molar-refractivity contribution is 5.83. The highest BCUT2D eigenvalue weighted by Gasteiger charge is 2.28. The molecule has 3 heteroatoms. The summed E-state index contributed by atoms with van der Waals surface area (Å²) < 4.78 is 6.34. The Morgan fingerprint density at radius 2 is 1.10 bits per heavy atom. The highest BCUT2D eigenvalue weighted by atomic mass is 16.5. The molecular weight excluding hydrogens is 380 g/mol. The topological polar surface area (TPSA) is 33.3 Å². The number of allylic oxidation sites excluding steroid dienone is 2. The van der Waals surface area contributed by atoms with Crippen molar-refractivity contribution in [3.05, 3.63) is 59.7 Å². The summed E-state index contributed by atoms with van der Waals surface area (Å²) >= 11 is 0. The first-order chi connectivity index (χ1) is 14.8. The molecule has 2 heterocycles. The molecule has 0 radical (unpaired) electrons. The van der Waals surface area contributed by atoms with E-state index in [2.05, 4.69) is 101 Å². The minimum atomic E-state index is 0.0160. The fourth-order valence-corrected chi connectivity index (χ4v) is 4.64. The van der Waals surface area contributed by atoms with Gasteiger partial charge in [0.15, 0.2) is 0 Å². The van der Waals surface area contributed by atoms with Crippen LogP contribution in [0.4, 0.5) is 11.4 Å². The van der Waals surface area contributed by atoms with Crippen LogP contribution in [0.5, 0.6) is 11.5 Å². The Kier molecular flexibility index (Phi) is 5.63. The van der Waals surface area contributed by atoms with Gasteiger partial charge in [-0.25, -0.2) is 0 Å². The first kappa shape index (κ1) is 21.5. The minimum Gasteiger partial charge on any atom is -0.457 e. The molecule has 2 unspecified atom stereocenters. The summed E-state index contributed by atoms with van der Waals surface area (Å²) in [6.07, 6.45) is 8.90. The molecule has 3 nitrogen and oxygen atoms in total. The van der Waals surface area contributed by atoms with E-state index in [-0.39, 0.29) is 11.1 Å². The van der Waals surface area contributed by atoms with E-state index in [0.717, 1.165) is 37.2 Å². The summed E-state index contributed by atoms with van der Waals surface area (Å²) in [5, 5.41) is 7.40. The predicted molar refractivity (Wildman–Crippen MR) is 134 cm³/mol. The van der Waals surface area contributed by atoms with Crippen molar-refractivity contribution < 1.29 is 4.74 Å². The fraction of sp³-hybridized carbons (Fsp3) is 0.429. The van der Waals surface area contributed by atoms with Crippen LogP contribution in [0, 0.1) is 0 Å². The largest absolute Gasteiger partial charge is 0.457 e. The normalized spacial score (nSPS) is 24.2. The molecule has 2 aliphatic rings. The lowest BCUT2D eigenvalue weighted by molar-refractivity contribution is 0.482. The van der Waals surface area contributed by atoms with Crippen LogP contribution in [0.1, 0.15) is 78.4 Å². The third-order valence-corrected chi connectivity index (χ3v) is 6.97. The van der Waals surface area contributed by atoms with E-state index >= 15 is 0 Å². The van der Waals surface area contributed by atoms with Crippen molar-refractivity contribution in [3.63, 3.8) is 0 Å². The minimum absolute atomic E-state index is 0.0160. The number of hydrogen-bond donors (Lipinski definition) is 2. The zero-order valence-electron chi connectivity index (χ0n) is 19.9. The van der Waals surface area contributed by atoms with Crippen molar-refractivity contribution in [1.82, 2.24) is 0 Å². The summed E-state index contributed by atoms with van der Waals surface area (Å²) in [5.74, 6) is 1.76. The number of fused-ring (bicyclic) bond motifs is 2. The van der Waals surface area contributed by atoms with Crippen molar-refractivity contribution in [2.45, 2.75) is 78.3 Å². The SMILES string of the molecule is CCC1=CC(C)(CC)Nc2ccc(Oc3ccc4c(c3)C(CC)=CC(C)(CC)N4)cc21. The lowest BCUT2D eigenvalue weighted by Gasteiger charge is -2.35. The third-order valence-electron chi connectivity index (χ3n) is 6.97.